The number of non-ortho nitro benzene ring substituents is 1. The number of nitro benzene ring substituents is 1. The van der Waals surface area contributed by atoms with Crippen LogP contribution in [0.5, 0.6) is 11.5 Å². The Morgan fingerprint density at radius 3 is 2.60 bits per heavy atom. The summed E-state index contributed by atoms with van der Waals surface area (Å²) in [5.74, 6) is -0.276. The lowest BCUT2D eigenvalue weighted by atomic mass is 10.1. The third kappa shape index (κ3) is 6.88. The van der Waals surface area contributed by atoms with Crippen LogP contribution in [0.4, 0.5) is 15.8 Å². The average Bonchev–Trinajstić information content (AvgIpc) is 2.83. The standard InChI is InChI=1S/C25H19BrFN3O5/c1-2-34-23-12-17(11-22(26)24(23)35-15-16-6-8-19(27)9-7-16)10-18(14-28)25(31)29-20-4-3-5-21(13-20)30(32)33/h3-13H,2,15H2,1H3,(H,29,31)/b18-10+. The third-order valence-electron chi connectivity index (χ3n) is 4.62. The number of rotatable bonds is 9. The highest BCUT2D eigenvalue weighted by Gasteiger charge is 2.16. The van der Waals surface area contributed by atoms with E-state index in [1.54, 1.807) is 31.2 Å². The Morgan fingerprint density at radius 2 is 1.94 bits per heavy atom. The van der Waals surface area contributed by atoms with Crippen molar-refractivity contribution in [1.29, 1.82) is 5.26 Å². The van der Waals surface area contributed by atoms with Gasteiger partial charge in [-0.25, -0.2) is 4.39 Å². The number of carbonyl (C=O) groups excluding carboxylic acids is 1. The monoisotopic (exact) mass is 539 g/mol. The number of amides is 1. The van der Waals surface area contributed by atoms with Crippen LogP contribution in [0.3, 0.4) is 0 Å². The van der Waals surface area contributed by atoms with Crippen molar-refractivity contribution < 1.29 is 23.6 Å². The minimum absolute atomic E-state index is 0.170. The summed E-state index contributed by atoms with van der Waals surface area (Å²) in [5.41, 5.74) is 1.03. The van der Waals surface area contributed by atoms with Crippen LogP contribution >= 0.6 is 15.9 Å². The first kappa shape index (κ1) is 25.4. The van der Waals surface area contributed by atoms with Crippen LogP contribution in [0.15, 0.2) is 70.7 Å². The first-order chi connectivity index (χ1) is 16.8. The highest BCUT2D eigenvalue weighted by Crippen LogP contribution is 2.38. The van der Waals surface area contributed by atoms with Gasteiger partial charge in [0.05, 0.1) is 16.0 Å². The second-order valence-electron chi connectivity index (χ2n) is 7.11. The molecule has 0 atom stereocenters. The maximum Gasteiger partial charge on any atom is 0.271 e. The molecule has 8 nitrogen and oxygen atoms in total. The van der Waals surface area contributed by atoms with E-state index in [4.69, 9.17) is 9.47 Å². The molecule has 0 bridgehead atoms. The highest BCUT2D eigenvalue weighted by molar-refractivity contribution is 9.10. The molecule has 0 saturated carbocycles. The summed E-state index contributed by atoms with van der Waals surface area (Å²) >= 11 is 3.44. The zero-order valence-corrected chi connectivity index (χ0v) is 20.0. The number of benzene rings is 3. The third-order valence-corrected chi connectivity index (χ3v) is 5.21. The van der Waals surface area contributed by atoms with Gasteiger partial charge in [0.25, 0.3) is 11.6 Å². The van der Waals surface area contributed by atoms with Gasteiger partial charge in [-0.05, 0) is 70.4 Å². The summed E-state index contributed by atoms with van der Waals surface area (Å²) in [5, 5.41) is 23.0. The number of nitrogens with zero attached hydrogens (tertiary/aromatic N) is 2. The average molecular weight is 540 g/mol. The highest BCUT2D eigenvalue weighted by atomic mass is 79.9. The second kappa shape index (κ2) is 11.8. The lowest BCUT2D eigenvalue weighted by molar-refractivity contribution is -0.384. The second-order valence-corrected chi connectivity index (χ2v) is 7.96. The summed E-state index contributed by atoms with van der Waals surface area (Å²) in [6, 6.07) is 16.4. The molecule has 0 fully saturated rings. The molecule has 0 unspecified atom stereocenters. The van der Waals surface area contributed by atoms with Gasteiger partial charge in [0, 0.05) is 17.8 Å². The molecule has 1 N–H and O–H groups in total. The van der Waals surface area contributed by atoms with Crippen LogP contribution in [0.2, 0.25) is 0 Å². The molecule has 0 aliphatic rings. The summed E-state index contributed by atoms with van der Waals surface area (Å²) in [4.78, 5) is 23.0. The molecule has 0 aromatic heterocycles. The van der Waals surface area contributed by atoms with Crippen molar-refractivity contribution >= 4 is 39.3 Å². The van der Waals surface area contributed by atoms with Gasteiger partial charge in [0.15, 0.2) is 11.5 Å². The van der Waals surface area contributed by atoms with Gasteiger partial charge in [0.1, 0.15) is 24.1 Å². The molecule has 0 spiro atoms. The van der Waals surface area contributed by atoms with Crippen molar-refractivity contribution in [3.8, 4) is 17.6 Å². The molecule has 3 aromatic rings. The maximum absolute atomic E-state index is 13.1. The maximum atomic E-state index is 13.1. The molecule has 3 aromatic carbocycles. The number of hydrogen-bond acceptors (Lipinski definition) is 6. The summed E-state index contributed by atoms with van der Waals surface area (Å²) in [7, 11) is 0. The lowest BCUT2D eigenvalue weighted by Gasteiger charge is -2.15. The Balaban J connectivity index is 1.84. The molecule has 35 heavy (non-hydrogen) atoms. The van der Waals surface area contributed by atoms with E-state index >= 15 is 0 Å². The Labute approximate surface area is 208 Å². The van der Waals surface area contributed by atoms with Gasteiger partial charge in [-0.15, -0.1) is 0 Å². The lowest BCUT2D eigenvalue weighted by Crippen LogP contribution is -2.13. The number of halogens is 2. The van der Waals surface area contributed by atoms with Crippen LogP contribution in [-0.4, -0.2) is 17.4 Å². The van der Waals surface area contributed by atoms with Gasteiger partial charge < -0.3 is 14.8 Å². The van der Waals surface area contributed by atoms with Crippen molar-refractivity contribution in [1.82, 2.24) is 0 Å². The Hall–Kier alpha value is -4.23. The van der Waals surface area contributed by atoms with E-state index < -0.39 is 10.8 Å². The van der Waals surface area contributed by atoms with Gasteiger partial charge in [0.2, 0.25) is 0 Å². The van der Waals surface area contributed by atoms with Crippen molar-refractivity contribution in [2.75, 3.05) is 11.9 Å². The number of hydrogen-bond donors (Lipinski definition) is 1. The molecule has 0 aliphatic heterocycles. The van der Waals surface area contributed by atoms with Gasteiger partial charge in [-0.1, -0.05) is 18.2 Å². The van der Waals surface area contributed by atoms with Gasteiger partial charge in [-0.2, -0.15) is 5.26 Å². The van der Waals surface area contributed by atoms with Crippen LogP contribution in [-0.2, 0) is 11.4 Å². The fourth-order valence-electron chi connectivity index (χ4n) is 3.02. The van der Waals surface area contributed by atoms with E-state index in [0.717, 1.165) is 5.56 Å². The predicted molar refractivity (Wildman–Crippen MR) is 131 cm³/mol. The number of carbonyl (C=O) groups is 1. The van der Waals surface area contributed by atoms with Crippen LogP contribution in [0.1, 0.15) is 18.1 Å². The smallest absolute Gasteiger partial charge is 0.271 e. The fraction of sp³-hybridized carbons (Fsp3) is 0.120. The number of nitriles is 1. The van der Waals surface area contributed by atoms with Crippen molar-refractivity contribution in [2.45, 2.75) is 13.5 Å². The zero-order chi connectivity index (χ0) is 25.4. The number of ether oxygens (including phenoxy) is 2. The quantitative estimate of drug-likeness (QED) is 0.154. The summed E-state index contributed by atoms with van der Waals surface area (Å²) in [6.07, 6.45) is 1.36. The molecule has 3 rings (SSSR count). The van der Waals surface area contributed by atoms with E-state index in [1.165, 1.54) is 42.5 Å². The van der Waals surface area contributed by atoms with Crippen LogP contribution in [0.25, 0.3) is 6.08 Å². The Morgan fingerprint density at radius 1 is 1.20 bits per heavy atom. The van der Waals surface area contributed by atoms with Gasteiger partial charge in [-0.3, -0.25) is 14.9 Å². The molecule has 0 heterocycles. The van der Waals surface area contributed by atoms with E-state index in [-0.39, 0.29) is 29.4 Å². The van der Waals surface area contributed by atoms with Crippen LogP contribution in [0, 0.1) is 27.3 Å². The van der Waals surface area contributed by atoms with E-state index in [0.29, 0.717) is 28.1 Å². The topological polar surface area (TPSA) is 114 Å². The molecular weight excluding hydrogens is 521 g/mol. The SMILES string of the molecule is CCOc1cc(/C=C(\C#N)C(=O)Nc2cccc([N+](=O)[O-])c2)cc(Br)c1OCc1ccc(F)cc1. The largest absolute Gasteiger partial charge is 0.490 e. The summed E-state index contributed by atoms with van der Waals surface area (Å²) < 4.78 is 25.2. The van der Waals surface area contributed by atoms with E-state index in [9.17, 15) is 24.6 Å². The number of anilines is 1. The van der Waals surface area contributed by atoms with Crippen molar-refractivity contribution in [3.63, 3.8) is 0 Å². The fourth-order valence-corrected chi connectivity index (χ4v) is 3.60. The summed E-state index contributed by atoms with van der Waals surface area (Å²) in [6.45, 7) is 2.31. The molecule has 178 valence electrons. The zero-order valence-electron chi connectivity index (χ0n) is 18.5. The minimum atomic E-state index is -0.723. The van der Waals surface area contributed by atoms with Crippen molar-refractivity contribution in [3.05, 3.63) is 97.8 Å². The first-order valence-electron chi connectivity index (χ1n) is 10.3. The van der Waals surface area contributed by atoms with E-state index in [1.807, 2.05) is 6.07 Å². The molecule has 0 aliphatic carbocycles. The first-order valence-corrected chi connectivity index (χ1v) is 11.1. The minimum Gasteiger partial charge on any atom is -0.490 e. The number of nitro groups is 1. The van der Waals surface area contributed by atoms with Gasteiger partial charge >= 0.3 is 0 Å². The van der Waals surface area contributed by atoms with Crippen molar-refractivity contribution in [2.24, 2.45) is 0 Å². The predicted octanol–water partition coefficient (Wildman–Crippen LogP) is 6.02. The molecule has 1 amide bonds. The van der Waals surface area contributed by atoms with E-state index in [2.05, 4.69) is 21.2 Å². The van der Waals surface area contributed by atoms with Crippen LogP contribution < -0.4 is 14.8 Å². The number of nitrogens with one attached hydrogen (secondary N) is 1. The molecule has 0 radical (unpaired) electrons. The Kier molecular flexibility index (Phi) is 8.53. The Bertz CT molecular complexity index is 1320. The normalized spacial score (nSPS) is 10.9. The molecule has 0 saturated heterocycles. The molecular formula is C25H19BrFN3O5. The molecule has 10 heteroatoms.